The molecule has 0 heterocycles. The number of carboxylic acid groups (broad SMARTS) is 1. The van der Waals surface area contributed by atoms with E-state index < -0.39 is 5.97 Å². The standard InChI is InChI=1S/C25H26O4/c1-18(2)29-24-9-4-3-8-23(24)21-7-5-6-20(16-21)17-28-22-13-10-19(11-14-22)12-15-25(26)27/h3-11,13-14,16,18H,12,15,17H2,1-2H3,(H,26,27). The molecule has 3 rings (SSSR count). The van der Waals surface area contributed by atoms with Gasteiger partial charge >= 0.3 is 5.97 Å². The molecule has 0 unspecified atom stereocenters. The molecule has 0 aliphatic heterocycles. The highest BCUT2D eigenvalue weighted by molar-refractivity contribution is 5.71. The third-order valence-corrected chi connectivity index (χ3v) is 4.44. The monoisotopic (exact) mass is 390 g/mol. The molecule has 0 aliphatic rings. The fraction of sp³-hybridized carbons (Fsp3) is 0.240. The van der Waals surface area contributed by atoms with E-state index in [-0.39, 0.29) is 12.5 Å². The summed E-state index contributed by atoms with van der Waals surface area (Å²) in [5, 5.41) is 8.77. The number of rotatable bonds is 9. The van der Waals surface area contributed by atoms with Crippen LogP contribution < -0.4 is 9.47 Å². The normalized spacial score (nSPS) is 10.7. The molecule has 3 aromatic carbocycles. The Labute approximate surface area is 171 Å². The zero-order valence-corrected chi connectivity index (χ0v) is 16.8. The second kappa shape index (κ2) is 9.78. The molecule has 0 fully saturated rings. The zero-order chi connectivity index (χ0) is 20.6. The van der Waals surface area contributed by atoms with Crippen molar-refractivity contribution in [2.24, 2.45) is 0 Å². The summed E-state index contributed by atoms with van der Waals surface area (Å²) in [4.78, 5) is 10.7. The third-order valence-electron chi connectivity index (χ3n) is 4.44. The molecule has 29 heavy (non-hydrogen) atoms. The molecule has 0 spiro atoms. The van der Waals surface area contributed by atoms with Crippen LogP contribution in [0.3, 0.4) is 0 Å². The quantitative estimate of drug-likeness (QED) is 0.506. The summed E-state index contributed by atoms with van der Waals surface area (Å²) in [5.41, 5.74) is 4.21. The van der Waals surface area contributed by atoms with Gasteiger partial charge in [0.15, 0.2) is 0 Å². The van der Waals surface area contributed by atoms with Gasteiger partial charge in [-0.2, -0.15) is 0 Å². The second-order valence-electron chi connectivity index (χ2n) is 7.19. The maximum absolute atomic E-state index is 10.7. The molecule has 0 amide bonds. The summed E-state index contributed by atoms with van der Waals surface area (Å²) >= 11 is 0. The number of hydrogen-bond acceptors (Lipinski definition) is 3. The molecule has 0 saturated carbocycles. The van der Waals surface area contributed by atoms with E-state index in [0.717, 1.165) is 33.8 Å². The Balaban J connectivity index is 1.67. The van der Waals surface area contributed by atoms with Crippen LogP contribution in [0, 0.1) is 0 Å². The topological polar surface area (TPSA) is 55.8 Å². The molecule has 3 aromatic rings. The first-order valence-corrected chi connectivity index (χ1v) is 9.80. The number of aryl methyl sites for hydroxylation is 1. The van der Waals surface area contributed by atoms with Crippen LogP contribution in [0.2, 0.25) is 0 Å². The lowest BCUT2D eigenvalue weighted by Crippen LogP contribution is -2.06. The maximum Gasteiger partial charge on any atom is 0.303 e. The highest BCUT2D eigenvalue weighted by Gasteiger charge is 2.08. The predicted octanol–water partition coefficient (Wildman–Crippen LogP) is 5.74. The minimum atomic E-state index is -0.787. The predicted molar refractivity (Wildman–Crippen MR) is 114 cm³/mol. The number of benzene rings is 3. The van der Waals surface area contributed by atoms with E-state index in [1.807, 2.05) is 68.4 Å². The third kappa shape index (κ3) is 6.11. The largest absolute Gasteiger partial charge is 0.490 e. The summed E-state index contributed by atoms with van der Waals surface area (Å²) in [6.07, 6.45) is 0.769. The van der Waals surface area contributed by atoms with Crippen LogP contribution in [0.15, 0.2) is 72.8 Å². The highest BCUT2D eigenvalue weighted by atomic mass is 16.5. The van der Waals surface area contributed by atoms with Gasteiger partial charge in [0.2, 0.25) is 0 Å². The van der Waals surface area contributed by atoms with Crippen molar-refractivity contribution in [1.29, 1.82) is 0 Å². The van der Waals surface area contributed by atoms with Crippen LogP contribution >= 0.6 is 0 Å². The molecule has 0 radical (unpaired) electrons. The number of para-hydroxylation sites is 1. The van der Waals surface area contributed by atoms with Gasteiger partial charge < -0.3 is 14.6 Å². The maximum atomic E-state index is 10.7. The summed E-state index contributed by atoms with van der Waals surface area (Å²) in [7, 11) is 0. The molecule has 0 aromatic heterocycles. The van der Waals surface area contributed by atoms with E-state index in [1.165, 1.54) is 0 Å². The van der Waals surface area contributed by atoms with E-state index in [4.69, 9.17) is 14.6 Å². The fourth-order valence-corrected chi connectivity index (χ4v) is 3.06. The molecule has 150 valence electrons. The minimum Gasteiger partial charge on any atom is -0.490 e. The summed E-state index contributed by atoms with van der Waals surface area (Å²) in [6.45, 7) is 4.50. The van der Waals surface area contributed by atoms with Crippen LogP contribution in [0.1, 0.15) is 31.4 Å². The first kappa shape index (κ1) is 20.5. The van der Waals surface area contributed by atoms with Gasteiger partial charge in [-0.1, -0.05) is 48.5 Å². The van der Waals surface area contributed by atoms with E-state index in [9.17, 15) is 4.79 Å². The number of carbonyl (C=O) groups is 1. The Hall–Kier alpha value is -3.27. The number of hydrogen-bond donors (Lipinski definition) is 1. The summed E-state index contributed by atoms with van der Waals surface area (Å²) < 4.78 is 11.9. The van der Waals surface area contributed by atoms with Crippen LogP contribution in [-0.2, 0) is 17.8 Å². The average Bonchev–Trinajstić information content (AvgIpc) is 2.71. The van der Waals surface area contributed by atoms with Crippen LogP contribution in [-0.4, -0.2) is 17.2 Å². The van der Waals surface area contributed by atoms with Gasteiger partial charge in [0.25, 0.3) is 0 Å². The van der Waals surface area contributed by atoms with Crippen LogP contribution in [0.4, 0.5) is 0 Å². The van der Waals surface area contributed by atoms with Crippen molar-refractivity contribution in [3.05, 3.63) is 83.9 Å². The van der Waals surface area contributed by atoms with Gasteiger partial charge in [0, 0.05) is 12.0 Å². The van der Waals surface area contributed by atoms with E-state index in [1.54, 1.807) is 0 Å². The van der Waals surface area contributed by atoms with Crippen molar-refractivity contribution in [3.63, 3.8) is 0 Å². The van der Waals surface area contributed by atoms with Crippen molar-refractivity contribution in [1.82, 2.24) is 0 Å². The Morgan fingerprint density at radius 2 is 1.69 bits per heavy atom. The minimum absolute atomic E-state index is 0.112. The lowest BCUT2D eigenvalue weighted by atomic mass is 10.0. The Bertz CT molecular complexity index is 945. The Morgan fingerprint density at radius 1 is 0.931 bits per heavy atom. The van der Waals surface area contributed by atoms with E-state index >= 15 is 0 Å². The van der Waals surface area contributed by atoms with E-state index in [2.05, 4.69) is 18.2 Å². The SMILES string of the molecule is CC(C)Oc1ccccc1-c1cccc(COc2ccc(CCC(=O)O)cc2)c1. The number of carboxylic acids is 1. The number of ether oxygens (including phenoxy) is 2. The zero-order valence-electron chi connectivity index (χ0n) is 16.8. The number of aliphatic carboxylic acids is 1. The van der Waals surface area contributed by atoms with Crippen LogP contribution in [0.5, 0.6) is 11.5 Å². The molecule has 0 saturated heterocycles. The fourth-order valence-electron chi connectivity index (χ4n) is 3.06. The van der Waals surface area contributed by atoms with Crippen molar-refractivity contribution in [2.45, 2.75) is 39.4 Å². The van der Waals surface area contributed by atoms with Crippen molar-refractivity contribution in [3.8, 4) is 22.6 Å². The second-order valence-corrected chi connectivity index (χ2v) is 7.19. The Kier molecular flexibility index (Phi) is 6.90. The van der Waals surface area contributed by atoms with E-state index in [0.29, 0.717) is 13.0 Å². The van der Waals surface area contributed by atoms with Gasteiger partial charge in [-0.3, -0.25) is 4.79 Å². The van der Waals surface area contributed by atoms with Crippen molar-refractivity contribution < 1.29 is 19.4 Å². The van der Waals surface area contributed by atoms with Crippen molar-refractivity contribution >= 4 is 5.97 Å². The van der Waals surface area contributed by atoms with Gasteiger partial charge in [-0.15, -0.1) is 0 Å². The van der Waals surface area contributed by atoms with Gasteiger partial charge in [0.1, 0.15) is 18.1 Å². The smallest absolute Gasteiger partial charge is 0.303 e. The van der Waals surface area contributed by atoms with Gasteiger partial charge in [-0.05, 0) is 61.2 Å². The molecule has 0 atom stereocenters. The lowest BCUT2D eigenvalue weighted by molar-refractivity contribution is -0.136. The average molecular weight is 390 g/mol. The molecule has 0 bridgehead atoms. The molecule has 1 N–H and O–H groups in total. The van der Waals surface area contributed by atoms with Crippen molar-refractivity contribution in [2.75, 3.05) is 0 Å². The summed E-state index contributed by atoms with van der Waals surface area (Å²) in [6, 6.07) is 23.9. The highest BCUT2D eigenvalue weighted by Crippen LogP contribution is 2.31. The molecule has 4 nitrogen and oxygen atoms in total. The van der Waals surface area contributed by atoms with Crippen LogP contribution in [0.25, 0.3) is 11.1 Å². The molecule has 0 aliphatic carbocycles. The first-order chi connectivity index (χ1) is 14.0. The van der Waals surface area contributed by atoms with Gasteiger partial charge in [0.05, 0.1) is 6.10 Å². The lowest BCUT2D eigenvalue weighted by Gasteiger charge is -2.15. The summed E-state index contributed by atoms with van der Waals surface area (Å²) in [5.74, 6) is 0.848. The van der Waals surface area contributed by atoms with Gasteiger partial charge in [-0.25, -0.2) is 0 Å². The Morgan fingerprint density at radius 3 is 2.41 bits per heavy atom. The molecular formula is C25H26O4. The molecule has 4 heteroatoms. The first-order valence-electron chi connectivity index (χ1n) is 9.80. The molecular weight excluding hydrogens is 364 g/mol.